The first-order chi connectivity index (χ1) is 8.14. The fourth-order valence-electron chi connectivity index (χ4n) is 1.70. The molecule has 2 rings (SSSR count). The number of ether oxygens (including phenoxy) is 1. The van der Waals surface area contributed by atoms with Crippen LogP contribution in [0.3, 0.4) is 0 Å². The highest BCUT2D eigenvalue weighted by atomic mass is 32.2. The Balaban J connectivity index is 2.23. The van der Waals surface area contributed by atoms with Crippen molar-refractivity contribution >= 4 is 15.5 Å². The van der Waals surface area contributed by atoms with Gasteiger partial charge in [-0.05, 0) is 24.3 Å². The van der Waals surface area contributed by atoms with E-state index in [4.69, 9.17) is 4.74 Å². The highest BCUT2D eigenvalue weighted by Gasteiger charge is 2.29. The molecule has 2 N–H and O–H groups in total. The molecule has 0 radical (unpaired) electrons. The molecule has 1 aliphatic rings. The van der Waals surface area contributed by atoms with Crippen molar-refractivity contribution in [1.82, 2.24) is 5.32 Å². The van der Waals surface area contributed by atoms with E-state index in [1.807, 2.05) is 0 Å². The standard InChI is InChI=1S/C11H16N2O3S/c1-12-9-2-4-10(5-3-9)17(14,15)11-8-13-6-7-16-11/h2-5,11-13H,6-8H2,1H3. The number of hydrogen-bond acceptors (Lipinski definition) is 5. The van der Waals surface area contributed by atoms with Crippen LogP contribution >= 0.6 is 0 Å². The molecule has 0 saturated carbocycles. The van der Waals surface area contributed by atoms with Crippen molar-refractivity contribution in [3.63, 3.8) is 0 Å². The van der Waals surface area contributed by atoms with Gasteiger partial charge in [0.15, 0.2) is 5.44 Å². The van der Waals surface area contributed by atoms with Crippen molar-refractivity contribution in [2.75, 3.05) is 32.1 Å². The van der Waals surface area contributed by atoms with Crippen LogP contribution in [0.25, 0.3) is 0 Å². The number of anilines is 1. The van der Waals surface area contributed by atoms with E-state index >= 15 is 0 Å². The molecule has 94 valence electrons. The Labute approximate surface area is 101 Å². The molecule has 0 spiro atoms. The fourth-order valence-corrected chi connectivity index (χ4v) is 3.14. The Morgan fingerprint density at radius 3 is 2.59 bits per heavy atom. The highest BCUT2D eigenvalue weighted by Crippen LogP contribution is 2.20. The highest BCUT2D eigenvalue weighted by molar-refractivity contribution is 7.92. The van der Waals surface area contributed by atoms with Gasteiger partial charge in [0.25, 0.3) is 0 Å². The average molecular weight is 256 g/mol. The number of rotatable bonds is 3. The number of morpholine rings is 1. The molecule has 5 nitrogen and oxygen atoms in total. The lowest BCUT2D eigenvalue weighted by atomic mass is 10.3. The zero-order chi connectivity index (χ0) is 12.3. The number of sulfone groups is 1. The van der Waals surface area contributed by atoms with Gasteiger partial charge in [-0.15, -0.1) is 0 Å². The third-order valence-corrected chi connectivity index (χ3v) is 4.64. The Morgan fingerprint density at radius 1 is 1.35 bits per heavy atom. The van der Waals surface area contributed by atoms with Gasteiger partial charge >= 0.3 is 0 Å². The fraction of sp³-hybridized carbons (Fsp3) is 0.455. The molecule has 1 unspecified atom stereocenters. The molecule has 0 bridgehead atoms. The largest absolute Gasteiger partial charge is 0.388 e. The lowest BCUT2D eigenvalue weighted by Crippen LogP contribution is -2.42. The van der Waals surface area contributed by atoms with Crippen LogP contribution in [0.1, 0.15) is 0 Å². The van der Waals surface area contributed by atoms with Crippen LogP contribution in [0, 0.1) is 0 Å². The van der Waals surface area contributed by atoms with Crippen molar-refractivity contribution in [3.8, 4) is 0 Å². The summed E-state index contributed by atoms with van der Waals surface area (Å²) in [6.45, 7) is 1.47. The molecular formula is C11H16N2O3S. The number of hydrogen-bond donors (Lipinski definition) is 2. The molecule has 1 saturated heterocycles. The van der Waals surface area contributed by atoms with Crippen molar-refractivity contribution < 1.29 is 13.2 Å². The summed E-state index contributed by atoms with van der Waals surface area (Å²) >= 11 is 0. The SMILES string of the molecule is CNc1ccc(S(=O)(=O)C2CNCCO2)cc1. The lowest BCUT2D eigenvalue weighted by Gasteiger charge is -2.23. The Morgan fingerprint density at radius 2 is 2.06 bits per heavy atom. The predicted molar refractivity (Wildman–Crippen MR) is 65.8 cm³/mol. The normalized spacial score (nSPS) is 21.1. The monoisotopic (exact) mass is 256 g/mol. The first kappa shape index (κ1) is 12.3. The van der Waals surface area contributed by atoms with Crippen LogP contribution in [0.4, 0.5) is 5.69 Å². The van der Waals surface area contributed by atoms with E-state index in [1.165, 1.54) is 0 Å². The smallest absolute Gasteiger partial charge is 0.206 e. The van der Waals surface area contributed by atoms with Crippen LogP contribution < -0.4 is 10.6 Å². The second-order valence-corrected chi connectivity index (χ2v) is 5.91. The first-order valence-corrected chi connectivity index (χ1v) is 7.03. The minimum Gasteiger partial charge on any atom is -0.388 e. The summed E-state index contributed by atoms with van der Waals surface area (Å²) in [7, 11) is -1.61. The van der Waals surface area contributed by atoms with Crippen LogP contribution in [0.5, 0.6) is 0 Å². The van der Waals surface area contributed by atoms with E-state index in [9.17, 15) is 8.42 Å². The summed E-state index contributed by atoms with van der Waals surface area (Å²) in [6, 6.07) is 6.67. The van der Waals surface area contributed by atoms with Gasteiger partial charge in [-0.25, -0.2) is 8.42 Å². The molecule has 1 atom stereocenters. The van der Waals surface area contributed by atoms with Crippen molar-refractivity contribution in [3.05, 3.63) is 24.3 Å². The molecule has 6 heteroatoms. The Kier molecular flexibility index (Phi) is 3.66. The van der Waals surface area contributed by atoms with Crippen LogP contribution in [0.15, 0.2) is 29.2 Å². The summed E-state index contributed by atoms with van der Waals surface area (Å²) in [5.74, 6) is 0. The van der Waals surface area contributed by atoms with E-state index in [-0.39, 0.29) is 0 Å². The second kappa shape index (κ2) is 5.03. The topological polar surface area (TPSA) is 67.4 Å². The van der Waals surface area contributed by atoms with Gasteiger partial charge in [0, 0.05) is 25.8 Å². The van der Waals surface area contributed by atoms with Gasteiger partial charge in [-0.2, -0.15) is 0 Å². The lowest BCUT2D eigenvalue weighted by molar-refractivity contribution is 0.0785. The summed E-state index contributed by atoms with van der Waals surface area (Å²) in [6.07, 6.45) is 0. The molecule has 1 aromatic rings. The average Bonchev–Trinajstić information content (AvgIpc) is 2.40. The number of benzene rings is 1. The summed E-state index contributed by atoms with van der Waals surface area (Å²) in [4.78, 5) is 0.296. The molecular weight excluding hydrogens is 240 g/mol. The van der Waals surface area contributed by atoms with Crippen molar-refractivity contribution in [2.45, 2.75) is 10.3 Å². The minimum absolute atomic E-state index is 0.296. The van der Waals surface area contributed by atoms with Crippen LogP contribution in [-0.2, 0) is 14.6 Å². The van der Waals surface area contributed by atoms with Crippen LogP contribution in [-0.4, -0.2) is 40.6 Å². The van der Waals surface area contributed by atoms with Crippen LogP contribution in [0.2, 0.25) is 0 Å². The predicted octanol–water partition coefficient (Wildman–Crippen LogP) is 0.448. The maximum Gasteiger partial charge on any atom is 0.206 e. The molecule has 0 amide bonds. The van der Waals surface area contributed by atoms with E-state index < -0.39 is 15.3 Å². The van der Waals surface area contributed by atoms with Crippen molar-refractivity contribution in [2.24, 2.45) is 0 Å². The molecule has 17 heavy (non-hydrogen) atoms. The van der Waals surface area contributed by atoms with Crippen molar-refractivity contribution in [1.29, 1.82) is 0 Å². The quantitative estimate of drug-likeness (QED) is 0.822. The summed E-state index contributed by atoms with van der Waals surface area (Å²) in [5.41, 5.74) is 0.100. The zero-order valence-corrected chi connectivity index (χ0v) is 10.5. The zero-order valence-electron chi connectivity index (χ0n) is 9.64. The second-order valence-electron chi connectivity index (χ2n) is 3.82. The van der Waals surface area contributed by atoms with E-state index in [0.717, 1.165) is 5.69 Å². The summed E-state index contributed by atoms with van der Waals surface area (Å²) in [5, 5.41) is 5.96. The van der Waals surface area contributed by atoms with Gasteiger partial charge < -0.3 is 15.4 Å². The third kappa shape index (κ3) is 2.59. The minimum atomic E-state index is -3.40. The molecule has 1 aliphatic heterocycles. The Hall–Kier alpha value is -1.11. The van der Waals surface area contributed by atoms with E-state index in [2.05, 4.69) is 10.6 Å². The molecule has 1 aromatic carbocycles. The maximum absolute atomic E-state index is 12.2. The molecule has 0 aliphatic carbocycles. The first-order valence-electron chi connectivity index (χ1n) is 5.48. The van der Waals surface area contributed by atoms with Gasteiger partial charge in [-0.3, -0.25) is 0 Å². The molecule has 0 aromatic heterocycles. The van der Waals surface area contributed by atoms with E-state index in [0.29, 0.717) is 24.6 Å². The third-order valence-electron chi connectivity index (χ3n) is 2.71. The van der Waals surface area contributed by atoms with E-state index in [1.54, 1.807) is 31.3 Å². The molecule has 1 fully saturated rings. The van der Waals surface area contributed by atoms with Gasteiger partial charge in [0.1, 0.15) is 0 Å². The maximum atomic E-state index is 12.2. The van der Waals surface area contributed by atoms with Gasteiger partial charge in [-0.1, -0.05) is 0 Å². The molecule has 1 heterocycles. The van der Waals surface area contributed by atoms with Gasteiger partial charge in [0.05, 0.1) is 11.5 Å². The number of nitrogens with one attached hydrogen (secondary N) is 2. The van der Waals surface area contributed by atoms with Gasteiger partial charge in [0.2, 0.25) is 9.84 Å². The Bertz CT molecular complexity index is 464. The summed E-state index contributed by atoms with van der Waals surface area (Å²) < 4.78 is 29.7.